The molecule has 3 nitrogen and oxygen atoms in total. The van der Waals surface area contributed by atoms with Crippen LogP contribution in [0.15, 0.2) is 37.4 Å². The second-order valence-corrected chi connectivity index (χ2v) is 3.95. The number of imide groups is 1. The van der Waals surface area contributed by atoms with Crippen LogP contribution in [0.1, 0.15) is 31.8 Å². The van der Waals surface area contributed by atoms with Crippen molar-refractivity contribution in [3.05, 3.63) is 59.7 Å². The smallest absolute Gasteiger partial charge is 0.259 e. The van der Waals surface area contributed by atoms with Gasteiger partial charge in [-0.2, -0.15) is 0 Å². The molecule has 0 radical (unpaired) electrons. The molecule has 1 aliphatic heterocycles. The minimum absolute atomic E-state index is 0.313. The average Bonchev–Trinajstić information content (AvgIpc) is 2.56. The number of carbonyl (C=O) groups is 2. The van der Waals surface area contributed by atoms with Crippen LogP contribution in [-0.4, -0.2) is 11.8 Å². The summed E-state index contributed by atoms with van der Waals surface area (Å²) in [6.07, 6.45) is 4.75. The highest BCUT2D eigenvalue weighted by molar-refractivity contribution is 6.22. The Morgan fingerprint density at radius 3 is 2.41 bits per heavy atom. The van der Waals surface area contributed by atoms with Gasteiger partial charge in [0, 0.05) is 0 Å². The third-order valence-corrected chi connectivity index (χ3v) is 2.72. The first kappa shape index (κ1) is 11.3. The van der Waals surface area contributed by atoms with Crippen molar-refractivity contribution < 1.29 is 9.59 Å². The molecule has 0 spiro atoms. The average molecular weight is 227 g/mol. The highest BCUT2D eigenvalue weighted by Gasteiger charge is 2.29. The predicted molar refractivity (Wildman–Crippen MR) is 66.0 cm³/mol. The molecule has 1 aromatic carbocycles. The van der Waals surface area contributed by atoms with Crippen LogP contribution in [0, 0.1) is 0 Å². The van der Waals surface area contributed by atoms with Crippen LogP contribution in [-0.2, 0) is 12.8 Å². The van der Waals surface area contributed by atoms with Gasteiger partial charge in [0.1, 0.15) is 0 Å². The van der Waals surface area contributed by atoms with Gasteiger partial charge in [-0.15, -0.1) is 13.2 Å². The van der Waals surface area contributed by atoms with E-state index in [1.807, 2.05) is 6.07 Å². The number of rotatable bonds is 4. The van der Waals surface area contributed by atoms with Crippen molar-refractivity contribution in [2.75, 3.05) is 0 Å². The van der Waals surface area contributed by atoms with Gasteiger partial charge in [0.2, 0.25) is 0 Å². The molecule has 0 aromatic heterocycles. The van der Waals surface area contributed by atoms with Gasteiger partial charge in [0.05, 0.1) is 11.1 Å². The molecule has 2 rings (SSSR count). The van der Waals surface area contributed by atoms with Gasteiger partial charge in [0.15, 0.2) is 0 Å². The zero-order chi connectivity index (χ0) is 12.4. The quantitative estimate of drug-likeness (QED) is 0.632. The SMILES string of the molecule is C=CCc1cc(CC=C)c2c(c1)C(=O)NC2=O. The Hall–Kier alpha value is -2.16. The first-order valence-electron chi connectivity index (χ1n) is 5.40. The fourth-order valence-electron chi connectivity index (χ4n) is 2.05. The highest BCUT2D eigenvalue weighted by atomic mass is 16.2. The molecule has 86 valence electrons. The molecule has 0 atom stereocenters. The number of allylic oxidation sites excluding steroid dienone is 2. The van der Waals surface area contributed by atoms with Gasteiger partial charge in [-0.25, -0.2) is 0 Å². The lowest BCUT2D eigenvalue weighted by Crippen LogP contribution is -2.20. The Bertz CT molecular complexity index is 529. The normalized spacial score (nSPS) is 13.2. The second kappa shape index (κ2) is 4.37. The van der Waals surface area contributed by atoms with Crippen LogP contribution in [0.2, 0.25) is 0 Å². The zero-order valence-electron chi connectivity index (χ0n) is 9.45. The van der Waals surface area contributed by atoms with E-state index in [2.05, 4.69) is 18.5 Å². The third kappa shape index (κ3) is 1.91. The molecule has 1 N–H and O–H groups in total. The van der Waals surface area contributed by atoms with Crippen molar-refractivity contribution >= 4 is 11.8 Å². The Morgan fingerprint density at radius 2 is 1.76 bits per heavy atom. The molecule has 0 bridgehead atoms. The molecule has 2 amide bonds. The summed E-state index contributed by atoms with van der Waals surface area (Å²) in [5, 5.41) is 2.31. The molecule has 3 heteroatoms. The standard InChI is InChI=1S/C14H13NO2/c1-3-5-9-7-10(6-4-2)12-11(8-9)13(16)15-14(12)17/h3-4,7-8H,1-2,5-6H2,(H,15,16,17). The number of carbonyl (C=O) groups excluding carboxylic acids is 2. The Labute approximate surface area is 99.8 Å². The molecule has 0 unspecified atom stereocenters. The first-order valence-corrected chi connectivity index (χ1v) is 5.40. The van der Waals surface area contributed by atoms with Crippen LogP contribution in [0.25, 0.3) is 0 Å². The summed E-state index contributed by atoms with van der Waals surface area (Å²) in [5.74, 6) is -0.631. The monoisotopic (exact) mass is 227 g/mol. The lowest BCUT2D eigenvalue weighted by molar-refractivity contribution is 0.0879. The maximum Gasteiger partial charge on any atom is 0.259 e. The van der Waals surface area contributed by atoms with Crippen LogP contribution in [0.5, 0.6) is 0 Å². The summed E-state index contributed by atoms with van der Waals surface area (Å²) in [4.78, 5) is 23.3. The van der Waals surface area contributed by atoms with Gasteiger partial charge in [-0.05, 0) is 30.0 Å². The van der Waals surface area contributed by atoms with Crippen LogP contribution in [0.4, 0.5) is 0 Å². The van der Waals surface area contributed by atoms with Crippen LogP contribution < -0.4 is 5.32 Å². The lowest BCUT2D eigenvalue weighted by Gasteiger charge is -2.06. The topological polar surface area (TPSA) is 46.2 Å². The summed E-state index contributed by atoms with van der Waals surface area (Å²) in [5.41, 5.74) is 2.78. The minimum Gasteiger partial charge on any atom is -0.288 e. The number of amides is 2. The van der Waals surface area contributed by atoms with Crippen LogP contribution in [0.3, 0.4) is 0 Å². The molecule has 1 aromatic rings. The fraction of sp³-hybridized carbons (Fsp3) is 0.143. The molecule has 1 aliphatic rings. The van der Waals surface area contributed by atoms with Crippen molar-refractivity contribution in [1.82, 2.24) is 5.32 Å². The third-order valence-electron chi connectivity index (χ3n) is 2.72. The lowest BCUT2D eigenvalue weighted by atomic mass is 9.96. The van der Waals surface area contributed by atoms with Gasteiger partial charge in [-0.1, -0.05) is 18.2 Å². The highest BCUT2D eigenvalue weighted by Crippen LogP contribution is 2.23. The van der Waals surface area contributed by atoms with E-state index in [0.717, 1.165) is 11.1 Å². The van der Waals surface area contributed by atoms with Gasteiger partial charge < -0.3 is 0 Å². The summed E-state index contributed by atoms with van der Waals surface area (Å²) >= 11 is 0. The fourth-order valence-corrected chi connectivity index (χ4v) is 2.05. The maximum absolute atomic E-state index is 11.7. The molecule has 0 saturated carbocycles. The molecular weight excluding hydrogens is 214 g/mol. The van der Waals surface area contributed by atoms with E-state index >= 15 is 0 Å². The minimum atomic E-state index is -0.318. The maximum atomic E-state index is 11.7. The van der Waals surface area contributed by atoms with E-state index in [1.165, 1.54) is 0 Å². The van der Waals surface area contributed by atoms with Crippen molar-refractivity contribution in [2.24, 2.45) is 0 Å². The number of hydrogen-bond donors (Lipinski definition) is 1. The van der Waals surface area contributed by atoms with Gasteiger partial charge >= 0.3 is 0 Å². The number of fused-ring (bicyclic) bond motifs is 1. The van der Waals surface area contributed by atoms with E-state index in [-0.39, 0.29) is 11.8 Å². The van der Waals surface area contributed by atoms with E-state index in [1.54, 1.807) is 18.2 Å². The van der Waals surface area contributed by atoms with E-state index in [9.17, 15) is 9.59 Å². The zero-order valence-corrected chi connectivity index (χ0v) is 9.45. The Morgan fingerprint density at radius 1 is 1.06 bits per heavy atom. The second-order valence-electron chi connectivity index (χ2n) is 3.95. The van der Waals surface area contributed by atoms with E-state index in [4.69, 9.17) is 0 Å². The van der Waals surface area contributed by atoms with Crippen LogP contribution >= 0.6 is 0 Å². The van der Waals surface area contributed by atoms with Crippen molar-refractivity contribution in [3.8, 4) is 0 Å². The van der Waals surface area contributed by atoms with Crippen molar-refractivity contribution in [3.63, 3.8) is 0 Å². The number of nitrogens with one attached hydrogen (secondary N) is 1. The Balaban J connectivity index is 2.61. The van der Waals surface area contributed by atoms with Gasteiger partial charge in [0.25, 0.3) is 11.8 Å². The summed E-state index contributed by atoms with van der Waals surface area (Å²) in [6.45, 7) is 7.34. The molecule has 0 saturated heterocycles. The Kier molecular flexibility index (Phi) is 2.91. The molecule has 0 aliphatic carbocycles. The molecule has 1 heterocycles. The molecule has 17 heavy (non-hydrogen) atoms. The van der Waals surface area contributed by atoms with Crippen molar-refractivity contribution in [2.45, 2.75) is 12.8 Å². The summed E-state index contributed by atoms with van der Waals surface area (Å²) < 4.78 is 0. The first-order chi connectivity index (χ1) is 8.17. The largest absolute Gasteiger partial charge is 0.288 e. The molecule has 0 fully saturated rings. The summed E-state index contributed by atoms with van der Waals surface area (Å²) in [7, 11) is 0. The molecular formula is C14H13NO2. The van der Waals surface area contributed by atoms with E-state index < -0.39 is 0 Å². The summed E-state index contributed by atoms with van der Waals surface area (Å²) in [6, 6.07) is 3.68. The number of benzene rings is 1. The van der Waals surface area contributed by atoms with E-state index in [0.29, 0.717) is 24.0 Å². The number of hydrogen-bond acceptors (Lipinski definition) is 2. The predicted octanol–water partition coefficient (Wildman–Crippen LogP) is 2.03. The van der Waals surface area contributed by atoms with Crippen molar-refractivity contribution in [1.29, 1.82) is 0 Å². The van der Waals surface area contributed by atoms with Gasteiger partial charge in [-0.3, -0.25) is 14.9 Å².